The fraction of sp³-hybridized carbons (Fsp3) is 0.583. The maximum Gasteiger partial charge on any atom is 0.331 e. The van der Waals surface area contributed by atoms with Gasteiger partial charge >= 0.3 is 12.0 Å². The number of carbonyl (C=O) groups excluding carboxylic acids is 2. The second-order valence-electron chi connectivity index (χ2n) is 4.36. The average Bonchev–Trinajstić information content (AvgIpc) is 2.36. The van der Waals surface area contributed by atoms with Crippen molar-refractivity contribution in [3.63, 3.8) is 0 Å². The maximum absolute atomic E-state index is 11.6. The Morgan fingerprint density at radius 1 is 1.20 bits per heavy atom. The number of hydrogen-bond acceptors (Lipinski definition) is 4. The van der Waals surface area contributed by atoms with Gasteiger partial charge in [0.1, 0.15) is 0 Å². The summed E-state index contributed by atoms with van der Waals surface area (Å²) in [6.45, 7) is 4.69. The van der Waals surface area contributed by atoms with Crippen LogP contribution in [0.15, 0.2) is 11.1 Å². The molecule has 0 aromatic heterocycles. The molecular weight excluding hydrogens is 284 g/mol. The quantitative estimate of drug-likeness (QED) is 0.614. The van der Waals surface area contributed by atoms with Gasteiger partial charge in [-0.25, -0.2) is 9.59 Å². The molecule has 0 heterocycles. The van der Waals surface area contributed by atoms with Crippen LogP contribution in [0.2, 0.25) is 0 Å². The number of carboxylic acid groups (broad SMARTS) is 1. The molecule has 0 aliphatic rings. The van der Waals surface area contributed by atoms with E-state index in [0.717, 1.165) is 0 Å². The van der Waals surface area contributed by atoms with Crippen molar-refractivity contribution >= 4 is 28.7 Å². The van der Waals surface area contributed by atoms with Crippen molar-refractivity contribution in [3.05, 3.63) is 11.1 Å². The predicted molar refractivity (Wildman–Crippen MR) is 75.7 cm³/mol. The monoisotopic (exact) mass is 304 g/mol. The van der Waals surface area contributed by atoms with Gasteiger partial charge in [-0.3, -0.25) is 14.3 Å². The smallest absolute Gasteiger partial charge is 0.331 e. The Bertz CT molecular complexity index is 459. The Morgan fingerprint density at radius 3 is 2.20 bits per heavy atom. The van der Waals surface area contributed by atoms with Crippen LogP contribution in [0.25, 0.3) is 0 Å². The van der Waals surface area contributed by atoms with Gasteiger partial charge in [-0.15, -0.1) is 0 Å². The number of aliphatic carboxylic acids is 1. The van der Waals surface area contributed by atoms with Crippen molar-refractivity contribution in [2.45, 2.75) is 32.4 Å². The summed E-state index contributed by atoms with van der Waals surface area (Å²) in [5, 5.41) is 13.1. The summed E-state index contributed by atoms with van der Waals surface area (Å²) in [5.41, 5.74) is -0.152. The summed E-state index contributed by atoms with van der Waals surface area (Å²) in [4.78, 5) is 33.7. The number of carbonyl (C=O) groups is 3. The molecule has 2 atom stereocenters. The molecule has 8 heteroatoms. The highest BCUT2D eigenvalue weighted by Crippen LogP contribution is 2.03. The minimum atomic E-state index is -1.21. The standard InChI is InChI=1S/C12H20N2O5S/c1-7(20(4)19)5-6-13-12(18)14-10(15)8(2)9(3)11(16)17/h7H,5-6H2,1-4H3,(H,16,17)(H2,13,14,15,18). The Hall–Kier alpha value is -1.70. The SMILES string of the molecule is CC(C(=O)O)=C(C)C(=O)NC(=O)NCCC(C)S(C)=O. The van der Waals surface area contributed by atoms with Crippen LogP contribution in [0.1, 0.15) is 27.2 Å². The van der Waals surface area contributed by atoms with Crippen LogP contribution < -0.4 is 10.6 Å². The van der Waals surface area contributed by atoms with E-state index in [4.69, 9.17) is 5.11 Å². The van der Waals surface area contributed by atoms with Crippen LogP contribution in [0, 0.1) is 0 Å². The first-order valence-corrected chi connectivity index (χ1v) is 7.61. The lowest BCUT2D eigenvalue weighted by Gasteiger charge is -2.10. The van der Waals surface area contributed by atoms with Crippen LogP contribution >= 0.6 is 0 Å². The van der Waals surface area contributed by atoms with E-state index < -0.39 is 28.7 Å². The van der Waals surface area contributed by atoms with Gasteiger partial charge in [0, 0.05) is 40.0 Å². The zero-order valence-electron chi connectivity index (χ0n) is 12.0. The van der Waals surface area contributed by atoms with Gasteiger partial charge in [-0.2, -0.15) is 0 Å². The first-order chi connectivity index (χ1) is 9.16. The Labute approximate surface area is 120 Å². The van der Waals surface area contributed by atoms with Crippen molar-refractivity contribution in [2.24, 2.45) is 0 Å². The third-order valence-corrected chi connectivity index (χ3v) is 4.22. The first kappa shape index (κ1) is 18.3. The predicted octanol–water partition coefficient (Wildman–Crippen LogP) is 0.390. The van der Waals surface area contributed by atoms with E-state index in [1.165, 1.54) is 13.8 Å². The van der Waals surface area contributed by atoms with Gasteiger partial charge in [0.25, 0.3) is 5.91 Å². The summed E-state index contributed by atoms with van der Waals surface area (Å²) in [6, 6.07) is -0.707. The number of urea groups is 1. The lowest BCUT2D eigenvalue weighted by molar-refractivity contribution is -0.133. The Kier molecular flexibility index (Phi) is 7.75. The minimum absolute atomic E-state index is 0.0318. The Morgan fingerprint density at radius 2 is 1.75 bits per heavy atom. The summed E-state index contributed by atoms with van der Waals surface area (Å²) in [5.74, 6) is -1.97. The largest absolute Gasteiger partial charge is 0.478 e. The zero-order chi connectivity index (χ0) is 15.9. The molecule has 7 nitrogen and oxygen atoms in total. The third kappa shape index (κ3) is 6.46. The van der Waals surface area contributed by atoms with Crippen LogP contribution in [-0.4, -0.2) is 45.3 Å². The summed E-state index contributed by atoms with van der Waals surface area (Å²) in [6.07, 6.45) is 2.10. The molecule has 0 rings (SSSR count). The van der Waals surface area contributed by atoms with Crippen LogP contribution in [0.5, 0.6) is 0 Å². The number of carboxylic acids is 1. The third-order valence-electron chi connectivity index (χ3n) is 2.85. The van der Waals surface area contributed by atoms with Gasteiger partial charge in [0.05, 0.1) is 0 Å². The number of rotatable bonds is 6. The molecule has 0 saturated carbocycles. The van der Waals surface area contributed by atoms with Crippen molar-refractivity contribution in [1.29, 1.82) is 0 Å². The molecule has 0 fully saturated rings. The summed E-state index contributed by atoms with van der Waals surface area (Å²) in [7, 11) is -0.966. The second-order valence-corrected chi connectivity index (χ2v) is 6.16. The lowest BCUT2D eigenvalue weighted by Crippen LogP contribution is -2.41. The fourth-order valence-electron chi connectivity index (χ4n) is 1.13. The normalized spacial score (nSPS) is 14.8. The van der Waals surface area contributed by atoms with Gasteiger partial charge in [-0.1, -0.05) is 6.92 Å². The van der Waals surface area contributed by atoms with E-state index in [1.54, 1.807) is 13.2 Å². The van der Waals surface area contributed by atoms with E-state index in [0.29, 0.717) is 6.42 Å². The molecular formula is C12H20N2O5S. The van der Waals surface area contributed by atoms with Gasteiger partial charge in [0.2, 0.25) is 0 Å². The van der Waals surface area contributed by atoms with Crippen LogP contribution in [0.3, 0.4) is 0 Å². The lowest BCUT2D eigenvalue weighted by atomic mass is 10.1. The molecule has 0 spiro atoms. The van der Waals surface area contributed by atoms with Crippen molar-refractivity contribution in [1.82, 2.24) is 10.6 Å². The molecule has 0 saturated heterocycles. The average molecular weight is 304 g/mol. The van der Waals surface area contributed by atoms with E-state index in [1.807, 2.05) is 5.32 Å². The molecule has 20 heavy (non-hydrogen) atoms. The van der Waals surface area contributed by atoms with Crippen LogP contribution in [0.4, 0.5) is 4.79 Å². The van der Waals surface area contributed by atoms with Crippen molar-refractivity contribution < 1.29 is 23.7 Å². The first-order valence-electron chi connectivity index (χ1n) is 5.99. The van der Waals surface area contributed by atoms with Crippen molar-refractivity contribution in [2.75, 3.05) is 12.8 Å². The van der Waals surface area contributed by atoms with E-state index in [-0.39, 0.29) is 22.9 Å². The van der Waals surface area contributed by atoms with E-state index >= 15 is 0 Å². The van der Waals surface area contributed by atoms with Gasteiger partial charge in [-0.05, 0) is 20.3 Å². The number of amides is 3. The highest BCUT2D eigenvalue weighted by Gasteiger charge is 2.15. The Balaban J connectivity index is 4.29. The molecule has 0 radical (unpaired) electrons. The molecule has 3 N–H and O–H groups in total. The number of imide groups is 1. The molecule has 0 aliphatic carbocycles. The molecule has 0 bridgehead atoms. The minimum Gasteiger partial charge on any atom is -0.478 e. The molecule has 0 aliphatic heterocycles. The van der Waals surface area contributed by atoms with Gasteiger partial charge < -0.3 is 10.4 Å². The fourth-order valence-corrected chi connectivity index (χ4v) is 1.58. The maximum atomic E-state index is 11.6. The number of hydrogen-bond donors (Lipinski definition) is 3. The zero-order valence-corrected chi connectivity index (χ0v) is 12.8. The number of nitrogens with one attached hydrogen (secondary N) is 2. The van der Waals surface area contributed by atoms with Gasteiger partial charge in [0.15, 0.2) is 0 Å². The van der Waals surface area contributed by atoms with Crippen LogP contribution in [-0.2, 0) is 20.4 Å². The molecule has 3 amide bonds. The van der Waals surface area contributed by atoms with Crippen molar-refractivity contribution in [3.8, 4) is 0 Å². The highest BCUT2D eigenvalue weighted by molar-refractivity contribution is 7.84. The highest BCUT2D eigenvalue weighted by atomic mass is 32.2. The summed E-state index contributed by atoms with van der Waals surface area (Å²) >= 11 is 0. The topological polar surface area (TPSA) is 113 Å². The molecule has 0 aromatic carbocycles. The molecule has 0 aromatic rings. The molecule has 2 unspecified atom stereocenters. The van der Waals surface area contributed by atoms with E-state index in [9.17, 15) is 18.6 Å². The van der Waals surface area contributed by atoms with E-state index in [2.05, 4.69) is 5.32 Å². The second kappa shape index (κ2) is 8.47. The molecule has 114 valence electrons. The summed E-state index contributed by atoms with van der Waals surface area (Å²) < 4.78 is 11.1.